The Kier molecular flexibility index (Phi) is 6.84. The zero-order valence-corrected chi connectivity index (χ0v) is 14.8. The van der Waals surface area contributed by atoms with Crippen LogP contribution in [0.15, 0.2) is 0 Å². The van der Waals surface area contributed by atoms with Crippen LogP contribution in [0, 0.1) is 26.7 Å². The summed E-state index contributed by atoms with van der Waals surface area (Å²) in [5, 5.41) is 12.9. The van der Waals surface area contributed by atoms with Gasteiger partial charge < -0.3 is 10.4 Å². The number of piperidine rings is 1. The first-order valence-electron chi connectivity index (χ1n) is 7.20. The third kappa shape index (κ3) is 4.44. The fraction of sp³-hybridized carbons (Fsp3) is 0.600. The fourth-order valence-electron chi connectivity index (χ4n) is 2.63. The van der Waals surface area contributed by atoms with Crippen molar-refractivity contribution in [2.75, 3.05) is 25.0 Å². The number of anilines is 1. The molecule has 1 aliphatic heterocycles. The maximum absolute atomic E-state index is 12.1. The van der Waals surface area contributed by atoms with E-state index in [0.29, 0.717) is 13.0 Å². The number of amides is 1. The van der Waals surface area contributed by atoms with E-state index in [9.17, 15) is 9.59 Å². The van der Waals surface area contributed by atoms with Crippen LogP contribution in [0.25, 0.3) is 0 Å². The lowest BCUT2D eigenvalue weighted by Gasteiger charge is -2.29. The van der Waals surface area contributed by atoms with Crippen LogP contribution in [0.4, 0.5) is 5.00 Å². The van der Waals surface area contributed by atoms with Crippen molar-refractivity contribution in [3.8, 4) is 0 Å². The van der Waals surface area contributed by atoms with E-state index >= 15 is 0 Å². The summed E-state index contributed by atoms with van der Waals surface area (Å²) in [5.41, 5.74) is 2.34. The summed E-state index contributed by atoms with van der Waals surface area (Å²) in [7, 11) is 0. The summed E-state index contributed by atoms with van der Waals surface area (Å²) < 4.78 is 0. The maximum atomic E-state index is 12.1. The van der Waals surface area contributed by atoms with E-state index in [-0.39, 0.29) is 30.8 Å². The van der Waals surface area contributed by atoms with E-state index in [1.807, 2.05) is 18.7 Å². The standard InChI is InChI=1S/C15H22N2O3S.ClH/c1-9-10(2)14(21-11(9)3)16-13(18)8-17-6-4-5-12(7-17)15(19)20;/h12H,4-8H2,1-3H3,(H,16,18)(H,19,20);1H. The van der Waals surface area contributed by atoms with Crippen molar-refractivity contribution in [3.63, 3.8) is 0 Å². The Hall–Kier alpha value is -1.11. The molecule has 1 aromatic rings. The largest absolute Gasteiger partial charge is 0.481 e. The van der Waals surface area contributed by atoms with Crippen molar-refractivity contribution >= 4 is 40.6 Å². The first kappa shape index (κ1) is 18.9. The van der Waals surface area contributed by atoms with Gasteiger partial charge in [-0.25, -0.2) is 0 Å². The molecule has 0 saturated carbocycles. The van der Waals surface area contributed by atoms with Crippen molar-refractivity contribution in [1.82, 2.24) is 4.90 Å². The number of hydrogen-bond acceptors (Lipinski definition) is 4. The molecule has 0 aliphatic carbocycles. The Morgan fingerprint density at radius 3 is 2.55 bits per heavy atom. The average molecular weight is 347 g/mol. The number of thiophene rings is 1. The zero-order valence-electron chi connectivity index (χ0n) is 13.1. The Morgan fingerprint density at radius 2 is 2.00 bits per heavy atom. The van der Waals surface area contributed by atoms with Crippen LogP contribution in [0.1, 0.15) is 28.8 Å². The molecule has 1 amide bonds. The first-order chi connectivity index (χ1) is 9.88. The lowest BCUT2D eigenvalue weighted by Crippen LogP contribution is -2.42. The molecule has 1 saturated heterocycles. The number of aliphatic carboxylic acids is 1. The highest BCUT2D eigenvalue weighted by atomic mass is 35.5. The van der Waals surface area contributed by atoms with E-state index in [0.717, 1.165) is 23.5 Å². The van der Waals surface area contributed by atoms with Crippen molar-refractivity contribution in [3.05, 3.63) is 16.0 Å². The van der Waals surface area contributed by atoms with Gasteiger partial charge in [0.2, 0.25) is 5.91 Å². The molecule has 1 aromatic heterocycles. The topological polar surface area (TPSA) is 69.6 Å². The molecule has 2 rings (SSSR count). The number of carbonyl (C=O) groups is 2. The van der Waals surface area contributed by atoms with Crippen LogP contribution in [-0.4, -0.2) is 41.5 Å². The second-order valence-corrected chi connectivity index (χ2v) is 6.92. The number of nitrogens with one attached hydrogen (secondary N) is 1. The van der Waals surface area contributed by atoms with Gasteiger partial charge in [-0.2, -0.15) is 0 Å². The molecule has 2 heterocycles. The molecule has 1 aliphatic rings. The van der Waals surface area contributed by atoms with Crippen LogP contribution < -0.4 is 5.32 Å². The molecule has 1 atom stereocenters. The molecule has 0 aromatic carbocycles. The quantitative estimate of drug-likeness (QED) is 0.879. The van der Waals surface area contributed by atoms with Crippen LogP contribution in [0.2, 0.25) is 0 Å². The van der Waals surface area contributed by atoms with Crippen molar-refractivity contribution in [1.29, 1.82) is 0 Å². The molecule has 1 unspecified atom stereocenters. The third-order valence-corrected chi connectivity index (χ3v) is 5.39. The average Bonchev–Trinajstić information content (AvgIpc) is 2.66. The highest BCUT2D eigenvalue weighted by Crippen LogP contribution is 2.31. The summed E-state index contributed by atoms with van der Waals surface area (Å²) in [6, 6.07) is 0. The normalized spacial score (nSPS) is 18.6. The molecule has 0 spiro atoms. The van der Waals surface area contributed by atoms with Gasteiger partial charge in [-0.1, -0.05) is 0 Å². The van der Waals surface area contributed by atoms with Crippen molar-refractivity contribution in [2.24, 2.45) is 5.92 Å². The van der Waals surface area contributed by atoms with Gasteiger partial charge in [-0.05, 0) is 51.3 Å². The summed E-state index contributed by atoms with van der Waals surface area (Å²) in [4.78, 5) is 26.3. The number of halogens is 1. The zero-order chi connectivity index (χ0) is 15.6. The monoisotopic (exact) mass is 346 g/mol. The van der Waals surface area contributed by atoms with Gasteiger partial charge in [0, 0.05) is 11.4 Å². The molecule has 1 fully saturated rings. The highest BCUT2D eigenvalue weighted by molar-refractivity contribution is 7.16. The van der Waals surface area contributed by atoms with Gasteiger partial charge in [0.05, 0.1) is 17.5 Å². The second-order valence-electron chi connectivity index (χ2n) is 5.70. The number of likely N-dealkylation sites (tertiary alicyclic amines) is 1. The van der Waals surface area contributed by atoms with E-state index in [1.165, 1.54) is 10.4 Å². The smallest absolute Gasteiger partial charge is 0.307 e. The highest BCUT2D eigenvalue weighted by Gasteiger charge is 2.26. The molecule has 0 bridgehead atoms. The minimum atomic E-state index is -0.763. The SMILES string of the molecule is Cc1sc(NC(=O)CN2CCCC(C(=O)O)C2)c(C)c1C.Cl. The number of aryl methyl sites for hydroxylation is 1. The number of carboxylic acids is 1. The predicted molar refractivity (Wildman–Crippen MR) is 91.2 cm³/mol. The number of nitrogens with zero attached hydrogens (tertiary/aromatic N) is 1. The third-order valence-electron chi connectivity index (χ3n) is 4.16. The summed E-state index contributed by atoms with van der Waals surface area (Å²) in [5.74, 6) is -1.18. The van der Waals surface area contributed by atoms with Gasteiger partial charge in [-0.3, -0.25) is 14.5 Å². The molecule has 0 radical (unpaired) electrons. The van der Waals surface area contributed by atoms with Gasteiger partial charge in [0.15, 0.2) is 0 Å². The van der Waals surface area contributed by atoms with Crippen LogP contribution in [0.3, 0.4) is 0 Å². The van der Waals surface area contributed by atoms with Gasteiger partial charge in [0.1, 0.15) is 0 Å². The molecular formula is C15H23ClN2O3S. The Morgan fingerprint density at radius 1 is 1.32 bits per heavy atom. The Bertz CT molecular complexity index is 559. The minimum Gasteiger partial charge on any atom is -0.481 e. The minimum absolute atomic E-state index is 0. The Balaban J connectivity index is 0.00000242. The fourth-order valence-corrected chi connectivity index (χ4v) is 3.71. The van der Waals surface area contributed by atoms with E-state index in [1.54, 1.807) is 11.3 Å². The summed E-state index contributed by atoms with van der Waals surface area (Å²) in [6.45, 7) is 7.63. The van der Waals surface area contributed by atoms with E-state index in [2.05, 4.69) is 12.2 Å². The first-order valence-corrected chi connectivity index (χ1v) is 8.01. The molecule has 7 heteroatoms. The van der Waals surface area contributed by atoms with E-state index in [4.69, 9.17) is 5.11 Å². The summed E-state index contributed by atoms with van der Waals surface area (Å²) >= 11 is 1.59. The van der Waals surface area contributed by atoms with Crippen LogP contribution >= 0.6 is 23.7 Å². The number of carbonyl (C=O) groups excluding carboxylic acids is 1. The van der Waals surface area contributed by atoms with Crippen molar-refractivity contribution < 1.29 is 14.7 Å². The second kappa shape index (κ2) is 7.94. The number of carboxylic acid groups (broad SMARTS) is 1. The van der Waals surface area contributed by atoms with Crippen LogP contribution in [-0.2, 0) is 9.59 Å². The molecule has 2 N–H and O–H groups in total. The lowest BCUT2D eigenvalue weighted by atomic mass is 9.98. The van der Waals surface area contributed by atoms with Gasteiger partial charge >= 0.3 is 5.97 Å². The number of hydrogen-bond donors (Lipinski definition) is 2. The lowest BCUT2D eigenvalue weighted by molar-refractivity contribution is -0.144. The van der Waals surface area contributed by atoms with E-state index < -0.39 is 5.97 Å². The Labute approximate surface area is 141 Å². The molecular weight excluding hydrogens is 324 g/mol. The maximum Gasteiger partial charge on any atom is 0.307 e. The van der Waals surface area contributed by atoms with Crippen LogP contribution in [0.5, 0.6) is 0 Å². The van der Waals surface area contributed by atoms with Crippen molar-refractivity contribution in [2.45, 2.75) is 33.6 Å². The molecule has 5 nitrogen and oxygen atoms in total. The summed E-state index contributed by atoms with van der Waals surface area (Å²) in [6.07, 6.45) is 1.54. The predicted octanol–water partition coefficient (Wildman–Crippen LogP) is 2.83. The van der Waals surface area contributed by atoms with Gasteiger partial charge in [-0.15, -0.1) is 23.7 Å². The molecule has 124 valence electrons. The van der Waals surface area contributed by atoms with Gasteiger partial charge in [0.25, 0.3) is 0 Å². The molecule has 22 heavy (non-hydrogen) atoms. The number of rotatable bonds is 4.